The van der Waals surface area contributed by atoms with E-state index in [1.807, 2.05) is 6.92 Å². The summed E-state index contributed by atoms with van der Waals surface area (Å²) in [7, 11) is -3.56. The van der Waals surface area contributed by atoms with Gasteiger partial charge in [0.1, 0.15) is 0 Å². The first kappa shape index (κ1) is 21.1. The van der Waals surface area contributed by atoms with Gasteiger partial charge in [-0.05, 0) is 30.7 Å². The Bertz CT molecular complexity index is 681. The monoisotopic (exact) mass is 370 g/mol. The molecule has 0 aliphatic rings. The normalized spacial score (nSPS) is 12.8. The van der Waals surface area contributed by atoms with Gasteiger partial charge in [0.2, 0.25) is 10.0 Å². The van der Waals surface area contributed by atoms with Gasteiger partial charge in [-0.25, -0.2) is 8.42 Å². The first-order chi connectivity index (χ1) is 11.8. The summed E-state index contributed by atoms with van der Waals surface area (Å²) < 4.78 is 26.1. The highest BCUT2D eigenvalue weighted by Gasteiger charge is 2.22. The van der Waals surface area contributed by atoms with Crippen molar-refractivity contribution < 1.29 is 23.1 Å². The van der Waals surface area contributed by atoms with E-state index in [2.05, 4.69) is 5.32 Å². The smallest absolute Gasteiger partial charge is 0.308 e. The molecule has 1 atom stereocenters. The van der Waals surface area contributed by atoms with Crippen LogP contribution in [0.25, 0.3) is 0 Å². The van der Waals surface area contributed by atoms with Gasteiger partial charge < -0.3 is 10.4 Å². The van der Waals surface area contributed by atoms with E-state index in [1.54, 1.807) is 13.8 Å². The van der Waals surface area contributed by atoms with Gasteiger partial charge in [-0.15, -0.1) is 0 Å². The van der Waals surface area contributed by atoms with Crippen molar-refractivity contribution in [2.24, 2.45) is 5.92 Å². The molecule has 140 valence electrons. The second-order valence-electron chi connectivity index (χ2n) is 5.65. The number of amides is 1. The van der Waals surface area contributed by atoms with E-state index >= 15 is 0 Å². The number of benzene rings is 1. The van der Waals surface area contributed by atoms with Crippen LogP contribution in [0.1, 0.15) is 44.0 Å². The number of hydrogen-bond donors (Lipinski definition) is 2. The van der Waals surface area contributed by atoms with E-state index in [9.17, 15) is 18.0 Å². The van der Waals surface area contributed by atoms with Crippen LogP contribution in [0.2, 0.25) is 0 Å². The van der Waals surface area contributed by atoms with Crippen LogP contribution in [0.15, 0.2) is 29.2 Å². The summed E-state index contributed by atoms with van der Waals surface area (Å²) in [6, 6.07) is 5.65. The lowest BCUT2D eigenvalue weighted by atomic mass is 10.0. The average molecular weight is 370 g/mol. The quantitative estimate of drug-likeness (QED) is 0.655. The zero-order chi connectivity index (χ0) is 19.0. The van der Waals surface area contributed by atoms with E-state index in [1.165, 1.54) is 28.6 Å². The van der Waals surface area contributed by atoms with Gasteiger partial charge in [0.05, 0.1) is 10.8 Å². The number of rotatable bonds is 10. The fourth-order valence-electron chi connectivity index (χ4n) is 2.47. The van der Waals surface area contributed by atoms with Gasteiger partial charge >= 0.3 is 5.97 Å². The fourth-order valence-corrected chi connectivity index (χ4v) is 3.93. The van der Waals surface area contributed by atoms with Crippen molar-refractivity contribution in [3.05, 3.63) is 29.8 Å². The lowest BCUT2D eigenvalue weighted by Gasteiger charge is -2.18. The van der Waals surface area contributed by atoms with Crippen LogP contribution < -0.4 is 5.32 Å². The number of aliphatic carboxylic acids is 1. The number of carbonyl (C=O) groups is 2. The molecule has 1 amide bonds. The Balaban J connectivity index is 2.82. The maximum absolute atomic E-state index is 12.4. The zero-order valence-electron chi connectivity index (χ0n) is 14.9. The van der Waals surface area contributed by atoms with Crippen LogP contribution in [0.3, 0.4) is 0 Å². The molecular formula is C17H26N2O5S. The molecular weight excluding hydrogens is 344 g/mol. The van der Waals surface area contributed by atoms with E-state index in [4.69, 9.17) is 5.11 Å². The number of hydrogen-bond acceptors (Lipinski definition) is 4. The summed E-state index contributed by atoms with van der Waals surface area (Å²) in [4.78, 5) is 23.3. The van der Waals surface area contributed by atoms with Crippen molar-refractivity contribution in [3.63, 3.8) is 0 Å². The summed E-state index contributed by atoms with van der Waals surface area (Å²) >= 11 is 0. The highest BCUT2D eigenvalue weighted by atomic mass is 32.2. The third-order valence-electron chi connectivity index (χ3n) is 3.96. The molecule has 0 aromatic heterocycles. The Hall–Kier alpha value is -1.93. The molecule has 0 radical (unpaired) electrons. The van der Waals surface area contributed by atoms with Crippen molar-refractivity contribution in [1.29, 1.82) is 0 Å². The predicted octanol–water partition coefficient (Wildman–Crippen LogP) is 1.95. The second-order valence-corrected chi connectivity index (χ2v) is 7.59. The number of sulfonamides is 1. The summed E-state index contributed by atoms with van der Waals surface area (Å²) in [5.41, 5.74) is 0.291. The molecule has 0 spiro atoms. The molecule has 25 heavy (non-hydrogen) atoms. The summed E-state index contributed by atoms with van der Waals surface area (Å²) in [5, 5.41) is 11.7. The number of carboxylic acids is 1. The van der Waals surface area contributed by atoms with Gasteiger partial charge in [0.15, 0.2) is 0 Å². The van der Waals surface area contributed by atoms with Crippen molar-refractivity contribution in [1.82, 2.24) is 9.62 Å². The van der Waals surface area contributed by atoms with E-state index in [-0.39, 0.29) is 11.4 Å². The highest BCUT2D eigenvalue weighted by molar-refractivity contribution is 7.89. The van der Waals surface area contributed by atoms with Crippen molar-refractivity contribution >= 4 is 21.9 Å². The van der Waals surface area contributed by atoms with Crippen LogP contribution in [0.5, 0.6) is 0 Å². The molecule has 1 aromatic rings. The van der Waals surface area contributed by atoms with E-state index in [0.717, 1.165) is 0 Å². The molecule has 1 unspecified atom stereocenters. The first-order valence-corrected chi connectivity index (χ1v) is 9.83. The minimum Gasteiger partial charge on any atom is -0.481 e. The minimum atomic E-state index is -3.56. The molecule has 0 aliphatic heterocycles. The second kappa shape index (κ2) is 9.53. The first-order valence-electron chi connectivity index (χ1n) is 8.39. The molecule has 8 heteroatoms. The Morgan fingerprint density at radius 3 is 2.12 bits per heavy atom. The molecule has 1 rings (SSSR count). The molecule has 0 saturated heterocycles. The zero-order valence-corrected chi connectivity index (χ0v) is 15.7. The largest absolute Gasteiger partial charge is 0.481 e. The molecule has 0 heterocycles. The van der Waals surface area contributed by atoms with Gasteiger partial charge in [0, 0.05) is 25.2 Å². The van der Waals surface area contributed by atoms with Crippen LogP contribution in [0, 0.1) is 5.92 Å². The molecule has 0 saturated carbocycles. The Kier molecular flexibility index (Phi) is 8.05. The number of nitrogens with one attached hydrogen (secondary N) is 1. The van der Waals surface area contributed by atoms with Crippen molar-refractivity contribution in [2.45, 2.75) is 38.5 Å². The van der Waals surface area contributed by atoms with Gasteiger partial charge in [0.25, 0.3) is 5.91 Å². The maximum atomic E-state index is 12.4. The lowest BCUT2D eigenvalue weighted by molar-refractivity contribution is -0.141. The van der Waals surface area contributed by atoms with E-state index < -0.39 is 27.8 Å². The number of carbonyl (C=O) groups excluding carboxylic acids is 1. The van der Waals surface area contributed by atoms with Gasteiger partial charge in [-0.1, -0.05) is 27.2 Å². The standard InChI is InChI=1S/C17H26N2O5S/c1-4-7-14(17(21)22)12-18-16(20)13-8-10-15(11-9-13)25(23,24)19(5-2)6-3/h8-11,14H,4-7,12H2,1-3H3,(H,18,20)(H,21,22). The molecule has 7 nitrogen and oxygen atoms in total. The van der Waals surface area contributed by atoms with Crippen LogP contribution in [-0.2, 0) is 14.8 Å². The summed E-state index contributed by atoms with van der Waals surface area (Å²) in [5.74, 6) is -1.99. The predicted molar refractivity (Wildman–Crippen MR) is 94.9 cm³/mol. The van der Waals surface area contributed by atoms with Crippen LogP contribution in [-0.4, -0.2) is 49.3 Å². The third kappa shape index (κ3) is 5.54. The minimum absolute atomic E-state index is 0.0432. The molecule has 0 fully saturated rings. The van der Waals surface area contributed by atoms with Crippen molar-refractivity contribution in [3.8, 4) is 0 Å². The lowest BCUT2D eigenvalue weighted by Crippen LogP contribution is -2.33. The average Bonchev–Trinajstić information content (AvgIpc) is 2.59. The summed E-state index contributed by atoms with van der Waals surface area (Å²) in [6.07, 6.45) is 1.20. The third-order valence-corrected chi connectivity index (χ3v) is 6.02. The van der Waals surface area contributed by atoms with Gasteiger partial charge in [-0.2, -0.15) is 4.31 Å². The Labute approximate surface area is 149 Å². The number of carboxylic acid groups (broad SMARTS) is 1. The van der Waals surface area contributed by atoms with E-state index in [0.29, 0.717) is 31.5 Å². The topological polar surface area (TPSA) is 104 Å². The number of nitrogens with zero attached hydrogens (tertiary/aromatic N) is 1. The van der Waals surface area contributed by atoms with Gasteiger partial charge in [-0.3, -0.25) is 9.59 Å². The molecule has 0 aliphatic carbocycles. The fraction of sp³-hybridized carbons (Fsp3) is 0.529. The van der Waals surface area contributed by atoms with Crippen LogP contribution >= 0.6 is 0 Å². The summed E-state index contributed by atoms with van der Waals surface area (Å²) in [6.45, 7) is 6.19. The SMILES string of the molecule is CCCC(CNC(=O)c1ccc(S(=O)(=O)N(CC)CC)cc1)C(=O)O. The maximum Gasteiger partial charge on any atom is 0.308 e. The molecule has 1 aromatic carbocycles. The molecule has 0 bridgehead atoms. The Morgan fingerprint density at radius 2 is 1.68 bits per heavy atom. The highest BCUT2D eigenvalue weighted by Crippen LogP contribution is 2.16. The molecule has 2 N–H and O–H groups in total. The van der Waals surface area contributed by atoms with Crippen LogP contribution in [0.4, 0.5) is 0 Å². The Morgan fingerprint density at radius 1 is 1.12 bits per heavy atom. The van der Waals surface area contributed by atoms with Crippen molar-refractivity contribution in [2.75, 3.05) is 19.6 Å².